The van der Waals surface area contributed by atoms with Crippen LogP contribution in [0.4, 0.5) is 5.69 Å². The van der Waals surface area contributed by atoms with Crippen LogP contribution in [-0.2, 0) is 14.8 Å². The van der Waals surface area contributed by atoms with E-state index in [1.807, 2.05) is 0 Å². The molecule has 11 heteroatoms. The quantitative estimate of drug-likeness (QED) is 0.341. The van der Waals surface area contributed by atoms with E-state index in [0.29, 0.717) is 16.3 Å². The van der Waals surface area contributed by atoms with Crippen molar-refractivity contribution in [1.29, 1.82) is 0 Å². The van der Waals surface area contributed by atoms with Crippen molar-refractivity contribution in [3.63, 3.8) is 0 Å². The molecule has 0 aliphatic heterocycles. The third-order valence-corrected chi connectivity index (χ3v) is 6.70. The molecular weight excluding hydrogens is 482 g/mol. The van der Waals surface area contributed by atoms with E-state index in [9.17, 15) is 18.3 Å². The maximum atomic E-state index is 13.3. The molecule has 0 heterocycles. The highest BCUT2D eigenvalue weighted by atomic mass is 35.5. The normalized spacial score (nSPS) is 11.3. The number of phenolic OH excluding ortho intramolecular Hbond substituents is 1. The van der Waals surface area contributed by atoms with Gasteiger partial charge in [0.25, 0.3) is 15.9 Å². The lowest BCUT2D eigenvalue weighted by Crippen LogP contribution is -2.39. The van der Waals surface area contributed by atoms with Gasteiger partial charge in [-0.15, -0.1) is 0 Å². The summed E-state index contributed by atoms with van der Waals surface area (Å²) in [5.41, 5.74) is 3.12. The summed E-state index contributed by atoms with van der Waals surface area (Å²) in [6, 6.07) is 16.4. The lowest BCUT2D eigenvalue weighted by molar-refractivity contribution is -0.119. The Morgan fingerprint density at radius 2 is 1.74 bits per heavy atom. The molecule has 0 saturated heterocycles. The summed E-state index contributed by atoms with van der Waals surface area (Å²) in [7, 11) is -1.22. The molecule has 0 fully saturated rings. The number of hydrogen-bond acceptors (Lipinski definition) is 7. The van der Waals surface area contributed by atoms with Crippen LogP contribution in [0, 0.1) is 0 Å². The van der Waals surface area contributed by atoms with Crippen LogP contribution >= 0.6 is 11.6 Å². The van der Waals surface area contributed by atoms with E-state index in [1.165, 1.54) is 81.1 Å². The van der Waals surface area contributed by atoms with Crippen molar-refractivity contribution in [1.82, 2.24) is 5.43 Å². The number of phenols is 1. The van der Waals surface area contributed by atoms with Gasteiger partial charge in [0.05, 0.1) is 31.0 Å². The van der Waals surface area contributed by atoms with Crippen molar-refractivity contribution < 1.29 is 27.8 Å². The molecule has 1 amide bonds. The van der Waals surface area contributed by atoms with Gasteiger partial charge in [-0.1, -0.05) is 11.6 Å². The molecule has 178 valence electrons. The van der Waals surface area contributed by atoms with Gasteiger partial charge in [0, 0.05) is 5.02 Å². The van der Waals surface area contributed by atoms with Crippen molar-refractivity contribution in [2.24, 2.45) is 5.10 Å². The lowest BCUT2D eigenvalue weighted by atomic mass is 10.2. The number of benzene rings is 3. The summed E-state index contributed by atoms with van der Waals surface area (Å²) >= 11 is 5.94. The first kappa shape index (κ1) is 24.9. The predicted octanol–water partition coefficient (Wildman–Crippen LogP) is 3.41. The summed E-state index contributed by atoms with van der Waals surface area (Å²) in [6.45, 7) is -0.535. The van der Waals surface area contributed by atoms with Gasteiger partial charge in [0.2, 0.25) is 0 Å². The standard InChI is InChI=1S/C23H22ClN3O6S/c1-32-19-8-10-20(11-9-19)34(30,31)27(18-6-4-17(24)5-7-18)15-23(29)26-25-14-16-3-12-21(28)22(13-16)33-2/h3-14,28H,15H2,1-2H3,(H,26,29)/b25-14-. The van der Waals surface area contributed by atoms with Crippen molar-refractivity contribution in [3.8, 4) is 17.2 Å². The topological polar surface area (TPSA) is 118 Å². The van der Waals surface area contributed by atoms with E-state index < -0.39 is 22.5 Å². The highest BCUT2D eigenvalue weighted by molar-refractivity contribution is 7.92. The lowest BCUT2D eigenvalue weighted by Gasteiger charge is -2.23. The van der Waals surface area contributed by atoms with Crippen molar-refractivity contribution in [2.75, 3.05) is 25.1 Å². The van der Waals surface area contributed by atoms with Gasteiger partial charge in [0.1, 0.15) is 12.3 Å². The van der Waals surface area contributed by atoms with Crippen LogP contribution in [0.1, 0.15) is 5.56 Å². The van der Waals surface area contributed by atoms with E-state index in [2.05, 4.69) is 10.5 Å². The van der Waals surface area contributed by atoms with Crippen LogP contribution in [-0.4, -0.2) is 46.4 Å². The van der Waals surface area contributed by atoms with Gasteiger partial charge in [-0.05, 0) is 72.3 Å². The number of halogens is 1. The van der Waals surface area contributed by atoms with E-state index in [0.717, 1.165) is 4.31 Å². The van der Waals surface area contributed by atoms with Crippen LogP contribution in [0.15, 0.2) is 76.7 Å². The molecule has 0 radical (unpaired) electrons. The molecule has 0 atom stereocenters. The first-order chi connectivity index (χ1) is 16.2. The summed E-state index contributed by atoms with van der Waals surface area (Å²) in [5.74, 6) is 0.0322. The number of carbonyl (C=O) groups is 1. The number of ether oxygens (including phenoxy) is 2. The number of anilines is 1. The molecule has 0 aromatic heterocycles. The molecular formula is C23H22ClN3O6S. The minimum Gasteiger partial charge on any atom is -0.504 e. The van der Waals surface area contributed by atoms with Gasteiger partial charge in [-0.3, -0.25) is 9.10 Å². The molecule has 3 aromatic rings. The molecule has 9 nitrogen and oxygen atoms in total. The number of nitrogens with zero attached hydrogens (tertiary/aromatic N) is 2. The fourth-order valence-electron chi connectivity index (χ4n) is 2.92. The van der Waals surface area contributed by atoms with Crippen molar-refractivity contribution >= 4 is 39.4 Å². The molecule has 3 aromatic carbocycles. The largest absolute Gasteiger partial charge is 0.504 e. The molecule has 34 heavy (non-hydrogen) atoms. The number of rotatable bonds is 9. The monoisotopic (exact) mass is 503 g/mol. The Morgan fingerprint density at radius 3 is 2.35 bits per heavy atom. The molecule has 2 N–H and O–H groups in total. The van der Waals surface area contributed by atoms with Crippen molar-refractivity contribution in [2.45, 2.75) is 4.90 Å². The number of aromatic hydroxyl groups is 1. The molecule has 0 aliphatic rings. The fraction of sp³-hybridized carbons (Fsp3) is 0.130. The Hall–Kier alpha value is -3.76. The average molecular weight is 504 g/mol. The van der Waals surface area contributed by atoms with Crippen molar-refractivity contribution in [3.05, 3.63) is 77.3 Å². The number of hydrazone groups is 1. The van der Waals surface area contributed by atoms with Gasteiger partial charge < -0.3 is 14.6 Å². The van der Waals surface area contributed by atoms with Crippen LogP contribution < -0.4 is 19.2 Å². The van der Waals surface area contributed by atoms with Gasteiger partial charge in [0.15, 0.2) is 11.5 Å². The van der Waals surface area contributed by atoms with E-state index in [1.54, 1.807) is 6.07 Å². The average Bonchev–Trinajstić information content (AvgIpc) is 2.84. The predicted molar refractivity (Wildman–Crippen MR) is 129 cm³/mol. The zero-order chi connectivity index (χ0) is 24.7. The molecule has 0 spiro atoms. The molecule has 3 rings (SSSR count). The number of amides is 1. The second kappa shape index (κ2) is 10.9. The SMILES string of the molecule is COc1ccc(S(=O)(=O)N(CC(=O)N/N=C\c2ccc(O)c(OC)c2)c2ccc(Cl)cc2)cc1. The first-order valence-corrected chi connectivity index (χ1v) is 11.7. The molecule has 0 unspecified atom stereocenters. The summed E-state index contributed by atoms with van der Waals surface area (Å²) in [4.78, 5) is 12.6. The summed E-state index contributed by atoms with van der Waals surface area (Å²) in [6.07, 6.45) is 1.34. The Bertz CT molecular complexity index is 1280. The number of carbonyl (C=O) groups excluding carboxylic acids is 1. The minimum absolute atomic E-state index is 0.0178. The fourth-order valence-corrected chi connectivity index (χ4v) is 4.46. The number of hydrogen-bond donors (Lipinski definition) is 2. The second-order valence-electron chi connectivity index (χ2n) is 6.89. The van der Waals surface area contributed by atoms with Crippen LogP contribution in [0.3, 0.4) is 0 Å². The van der Waals surface area contributed by atoms with E-state index in [4.69, 9.17) is 21.1 Å². The molecule has 0 aliphatic carbocycles. The van der Waals surface area contributed by atoms with Gasteiger partial charge in [-0.25, -0.2) is 13.8 Å². The van der Waals surface area contributed by atoms with E-state index >= 15 is 0 Å². The second-order valence-corrected chi connectivity index (χ2v) is 9.19. The zero-order valence-electron chi connectivity index (χ0n) is 18.3. The Morgan fingerprint density at radius 1 is 1.06 bits per heavy atom. The molecule has 0 bridgehead atoms. The smallest absolute Gasteiger partial charge is 0.264 e. The Balaban J connectivity index is 1.82. The third-order valence-electron chi connectivity index (χ3n) is 4.66. The Labute approximate surface area is 202 Å². The van der Waals surface area contributed by atoms with Crippen LogP contribution in [0.5, 0.6) is 17.2 Å². The summed E-state index contributed by atoms with van der Waals surface area (Å²) < 4.78 is 37.8. The highest BCUT2D eigenvalue weighted by Crippen LogP contribution is 2.27. The first-order valence-electron chi connectivity index (χ1n) is 9.86. The molecule has 0 saturated carbocycles. The summed E-state index contributed by atoms with van der Waals surface area (Å²) in [5, 5.41) is 13.9. The zero-order valence-corrected chi connectivity index (χ0v) is 19.9. The highest BCUT2D eigenvalue weighted by Gasteiger charge is 2.27. The maximum absolute atomic E-state index is 13.3. The van der Waals surface area contributed by atoms with Gasteiger partial charge >= 0.3 is 0 Å². The van der Waals surface area contributed by atoms with Crippen LogP contribution in [0.25, 0.3) is 0 Å². The van der Waals surface area contributed by atoms with Gasteiger partial charge in [-0.2, -0.15) is 5.10 Å². The third kappa shape index (κ3) is 5.97. The van der Waals surface area contributed by atoms with Crippen LogP contribution in [0.2, 0.25) is 5.02 Å². The number of nitrogens with one attached hydrogen (secondary N) is 1. The maximum Gasteiger partial charge on any atom is 0.264 e. The Kier molecular flexibility index (Phi) is 7.98. The number of methoxy groups -OCH3 is 2. The number of sulfonamides is 1. The van der Waals surface area contributed by atoms with E-state index in [-0.39, 0.29) is 22.1 Å². The minimum atomic E-state index is -4.10.